The molecule has 0 aliphatic heterocycles. The molecule has 3 aromatic rings. The van der Waals surface area contributed by atoms with Crippen LogP contribution in [0, 0.1) is 0 Å². The molecular weight excluding hydrogens is 224 g/mol. The highest BCUT2D eigenvalue weighted by atomic mass is 16.3. The minimum atomic E-state index is 0.249. The fourth-order valence-electron chi connectivity index (χ4n) is 1.97. The molecule has 3 heteroatoms. The van der Waals surface area contributed by atoms with Crippen LogP contribution in [0.4, 0.5) is 0 Å². The van der Waals surface area contributed by atoms with Crippen molar-refractivity contribution in [2.24, 2.45) is 0 Å². The van der Waals surface area contributed by atoms with E-state index in [0.29, 0.717) is 0 Å². The van der Waals surface area contributed by atoms with E-state index in [0.717, 1.165) is 22.4 Å². The zero-order valence-electron chi connectivity index (χ0n) is 9.67. The van der Waals surface area contributed by atoms with Crippen LogP contribution in [0.25, 0.3) is 22.4 Å². The first kappa shape index (κ1) is 10.6. The van der Waals surface area contributed by atoms with Gasteiger partial charge in [0.05, 0.1) is 18.2 Å². The third-order valence-corrected chi connectivity index (χ3v) is 2.89. The largest absolute Gasteiger partial charge is 0.507 e. The molecule has 0 fully saturated rings. The molecule has 0 spiro atoms. The van der Waals surface area contributed by atoms with Gasteiger partial charge in [0.25, 0.3) is 0 Å². The van der Waals surface area contributed by atoms with Crippen molar-refractivity contribution in [3.8, 4) is 28.1 Å². The molecule has 1 heterocycles. The molecule has 0 amide bonds. The van der Waals surface area contributed by atoms with Gasteiger partial charge in [0.15, 0.2) is 0 Å². The molecule has 2 aromatic carbocycles. The summed E-state index contributed by atoms with van der Waals surface area (Å²) >= 11 is 0. The minimum Gasteiger partial charge on any atom is -0.507 e. The van der Waals surface area contributed by atoms with Gasteiger partial charge in [-0.05, 0) is 23.3 Å². The monoisotopic (exact) mass is 236 g/mol. The van der Waals surface area contributed by atoms with Crippen LogP contribution in [0.1, 0.15) is 0 Å². The maximum atomic E-state index is 9.91. The summed E-state index contributed by atoms with van der Waals surface area (Å²) in [5, 5.41) is 9.91. The lowest BCUT2D eigenvalue weighted by Crippen LogP contribution is -1.82. The van der Waals surface area contributed by atoms with Gasteiger partial charge < -0.3 is 10.1 Å². The Balaban J connectivity index is 2.12. The van der Waals surface area contributed by atoms with Gasteiger partial charge in [-0.1, -0.05) is 36.4 Å². The summed E-state index contributed by atoms with van der Waals surface area (Å²) in [6.07, 6.45) is 3.30. The zero-order valence-corrected chi connectivity index (χ0v) is 9.67. The number of aromatic amines is 1. The number of phenols is 1. The van der Waals surface area contributed by atoms with Crippen molar-refractivity contribution >= 4 is 0 Å². The Morgan fingerprint density at radius 2 is 1.78 bits per heavy atom. The number of imidazole rings is 1. The van der Waals surface area contributed by atoms with E-state index in [1.54, 1.807) is 18.6 Å². The maximum absolute atomic E-state index is 9.91. The summed E-state index contributed by atoms with van der Waals surface area (Å²) in [6.45, 7) is 0. The molecule has 0 bridgehead atoms. The molecular formula is C15H12N2O. The highest BCUT2D eigenvalue weighted by Gasteiger charge is 2.07. The minimum absolute atomic E-state index is 0.249. The number of nitrogens with zero attached hydrogens (tertiary/aromatic N) is 1. The molecule has 2 N–H and O–H groups in total. The van der Waals surface area contributed by atoms with Crippen LogP contribution < -0.4 is 0 Å². The Morgan fingerprint density at radius 1 is 0.944 bits per heavy atom. The first-order valence-electron chi connectivity index (χ1n) is 5.72. The molecule has 0 aliphatic rings. The lowest BCUT2D eigenvalue weighted by Gasteiger charge is -2.06. The van der Waals surface area contributed by atoms with Crippen molar-refractivity contribution < 1.29 is 5.11 Å². The van der Waals surface area contributed by atoms with Crippen molar-refractivity contribution in [1.29, 1.82) is 0 Å². The Kier molecular flexibility index (Phi) is 2.57. The van der Waals surface area contributed by atoms with Gasteiger partial charge in [0.1, 0.15) is 5.75 Å². The predicted octanol–water partition coefficient (Wildman–Crippen LogP) is 3.45. The SMILES string of the molecule is Oc1ccc(-c2ccccc2)cc1-c1cnc[nH]1. The lowest BCUT2D eigenvalue weighted by atomic mass is 10.0. The standard InChI is InChI=1S/C15H12N2O/c18-15-7-6-12(11-4-2-1-3-5-11)8-13(15)14-9-16-10-17-14/h1-10,18H,(H,16,17). The van der Waals surface area contributed by atoms with Crippen molar-refractivity contribution in [2.75, 3.05) is 0 Å². The summed E-state index contributed by atoms with van der Waals surface area (Å²) in [6, 6.07) is 15.6. The highest BCUT2D eigenvalue weighted by Crippen LogP contribution is 2.32. The van der Waals surface area contributed by atoms with E-state index in [9.17, 15) is 5.11 Å². The molecule has 0 unspecified atom stereocenters. The van der Waals surface area contributed by atoms with Crippen LogP contribution in [0.15, 0.2) is 61.1 Å². The number of aromatic nitrogens is 2. The van der Waals surface area contributed by atoms with E-state index in [4.69, 9.17) is 0 Å². The summed E-state index contributed by atoms with van der Waals surface area (Å²) in [7, 11) is 0. The third-order valence-electron chi connectivity index (χ3n) is 2.89. The van der Waals surface area contributed by atoms with Crippen LogP contribution in [0.2, 0.25) is 0 Å². The zero-order chi connectivity index (χ0) is 12.4. The van der Waals surface area contributed by atoms with Crippen LogP contribution in [-0.4, -0.2) is 15.1 Å². The molecule has 88 valence electrons. The number of nitrogens with one attached hydrogen (secondary N) is 1. The van der Waals surface area contributed by atoms with Gasteiger partial charge in [-0.25, -0.2) is 4.98 Å². The molecule has 0 saturated carbocycles. The molecule has 1 aromatic heterocycles. The topological polar surface area (TPSA) is 48.9 Å². The van der Waals surface area contributed by atoms with E-state index in [-0.39, 0.29) is 5.75 Å². The van der Waals surface area contributed by atoms with Crippen molar-refractivity contribution in [3.63, 3.8) is 0 Å². The number of hydrogen-bond acceptors (Lipinski definition) is 2. The van der Waals surface area contributed by atoms with E-state index >= 15 is 0 Å². The number of phenolic OH excluding ortho intramolecular Hbond substituents is 1. The van der Waals surface area contributed by atoms with Gasteiger partial charge >= 0.3 is 0 Å². The molecule has 0 aliphatic carbocycles. The average Bonchev–Trinajstić information content (AvgIpc) is 2.94. The third kappa shape index (κ3) is 1.86. The van der Waals surface area contributed by atoms with Gasteiger partial charge in [-0.3, -0.25) is 0 Å². The number of rotatable bonds is 2. The van der Waals surface area contributed by atoms with Gasteiger partial charge in [0, 0.05) is 5.56 Å². The van der Waals surface area contributed by atoms with E-state index < -0.39 is 0 Å². The van der Waals surface area contributed by atoms with Gasteiger partial charge in [0.2, 0.25) is 0 Å². The fraction of sp³-hybridized carbons (Fsp3) is 0. The molecule has 3 rings (SSSR count). The Bertz CT molecular complexity index is 646. The molecule has 18 heavy (non-hydrogen) atoms. The van der Waals surface area contributed by atoms with Crippen LogP contribution in [0.3, 0.4) is 0 Å². The number of H-pyrrole nitrogens is 1. The van der Waals surface area contributed by atoms with Gasteiger partial charge in [-0.2, -0.15) is 0 Å². The highest BCUT2D eigenvalue weighted by molar-refractivity contribution is 5.75. The summed E-state index contributed by atoms with van der Waals surface area (Å²) < 4.78 is 0. The second kappa shape index (κ2) is 4.37. The maximum Gasteiger partial charge on any atom is 0.124 e. The fourth-order valence-corrected chi connectivity index (χ4v) is 1.97. The summed E-state index contributed by atoms with van der Waals surface area (Å²) in [5.41, 5.74) is 3.76. The number of benzene rings is 2. The molecule has 0 radical (unpaired) electrons. The molecule has 0 saturated heterocycles. The summed E-state index contributed by atoms with van der Waals surface area (Å²) in [4.78, 5) is 6.98. The van der Waals surface area contributed by atoms with E-state index in [2.05, 4.69) is 9.97 Å². The quantitative estimate of drug-likeness (QED) is 0.716. The lowest BCUT2D eigenvalue weighted by molar-refractivity contribution is 0.477. The number of hydrogen-bond donors (Lipinski definition) is 2. The average molecular weight is 236 g/mol. The van der Waals surface area contributed by atoms with Crippen molar-refractivity contribution in [3.05, 3.63) is 61.1 Å². The smallest absolute Gasteiger partial charge is 0.124 e. The normalized spacial score (nSPS) is 10.4. The van der Waals surface area contributed by atoms with Crippen molar-refractivity contribution in [2.45, 2.75) is 0 Å². The Hall–Kier alpha value is -2.55. The molecule has 3 nitrogen and oxygen atoms in total. The Labute approximate surface area is 105 Å². The van der Waals surface area contributed by atoms with Crippen LogP contribution in [0.5, 0.6) is 5.75 Å². The first-order valence-corrected chi connectivity index (χ1v) is 5.72. The van der Waals surface area contributed by atoms with Gasteiger partial charge in [-0.15, -0.1) is 0 Å². The second-order valence-corrected chi connectivity index (χ2v) is 4.06. The van der Waals surface area contributed by atoms with E-state index in [1.165, 1.54) is 0 Å². The Morgan fingerprint density at radius 3 is 2.50 bits per heavy atom. The predicted molar refractivity (Wildman–Crippen MR) is 71.1 cm³/mol. The molecule has 0 atom stereocenters. The van der Waals surface area contributed by atoms with Crippen molar-refractivity contribution in [1.82, 2.24) is 9.97 Å². The first-order chi connectivity index (χ1) is 8.84. The number of aromatic hydroxyl groups is 1. The van der Waals surface area contributed by atoms with E-state index in [1.807, 2.05) is 42.5 Å². The second-order valence-electron chi connectivity index (χ2n) is 4.06. The summed E-state index contributed by atoms with van der Waals surface area (Å²) in [5.74, 6) is 0.249. The van der Waals surface area contributed by atoms with Crippen LogP contribution >= 0.6 is 0 Å². The van der Waals surface area contributed by atoms with Crippen LogP contribution in [-0.2, 0) is 0 Å².